The summed E-state index contributed by atoms with van der Waals surface area (Å²) in [5, 5.41) is 14.6. The van der Waals surface area contributed by atoms with Gasteiger partial charge in [0.15, 0.2) is 0 Å². The molecule has 3 rings (SSSR count). The first kappa shape index (κ1) is 16.6. The minimum atomic E-state index is -3.75. The number of aromatic nitrogens is 1. The highest BCUT2D eigenvalue weighted by Gasteiger charge is 2.38. The quantitative estimate of drug-likeness (QED) is 0.619. The zero-order valence-corrected chi connectivity index (χ0v) is 14.1. The number of hydrogen-bond donors (Lipinski definition) is 0. The van der Waals surface area contributed by atoms with Crippen molar-refractivity contribution in [2.45, 2.75) is 37.6 Å². The summed E-state index contributed by atoms with van der Waals surface area (Å²) in [7, 11) is -3.75. The Balaban J connectivity index is 1.98. The van der Waals surface area contributed by atoms with Gasteiger partial charge in [0.05, 0.1) is 21.6 Å². The molecule has 2 aromatic rings. The number of aryl methyl sites for hydroxylation is 2. The molecule has 0 amide bonds. The lowest BCUT2D eigenvalue weighted by Gasteiger charge is -2.24. The lowest BCUT2D eigenvalue weighted by atomic mass is 10.0. The summed E-state index contributed by atoms with van der Waals surface area (Å²) >= 11 is 0. The molecular weight excluding hydrogens is 334 g/mol. The summed E-state index contributed by atoms with van der Waals surface area (Å²) in [6.07, 6.45) is 1.43. The summed E-state index contributed by atoms with van der Waals surface area (Å²) in [6, 6.07) is 4.63. The Bertz CT molecular complexity index is 854. The second-order valence-electron chi connectivity index (χ2n) is 5.76. The van der Waals surface area contributed by atoms with Crippen LogP contribution in [-0.2, 0) is 10.0 Å². The van der Waals surface area contributed by atoms with E-state index in [1.807, 2.05) is 0 Å². The van der Waals surface area contributed by atoms with Gasteiger partial charge in [0.1, 0.15) is 5.76 Å². The summed E-state index contributed by atoms with van der Waals surface area (Å²) in [4.78, 5) is 10.2. The second-order valence-corrected chi connectivity index (χ2v) is 7.65. The molecule has 0 radical (unpaired) electrons. The SMILES string of the molecule is Cc1noc(C)c1[C@@H]1CCCN1S(=O)(=O)c1ccc([N+](=O)[O-])cc1. The standard InChI is InChI=1S/C15H17N3O5S/c1-10-15(11(2)23-16-10)14-4-3-9-17(14)24(21,22)13-7-5-12(6-8-13)18(19)20/h5-8,14H,3-4,9H2,1-2H3/t14-/m0/s1. The van der Waals surface area contributed by atoms with Gasteiger partial charge in [-0.1, -0.05) is 5.16 Å². The first-order chi connectivity index (χ1) is 11.3. The van der Waals surface area contributed by atoms with Crippen LogP contribution in [0, 0.1) is 24.0 Å². The molecule has 0 aliphatic carbocycles. The second kappa shape index (κ2) is 5.99. The van der Waals surface area contributed by atoms with E-state index < -0.39 is 14.9 Å². The Morgan fingerprint density at radius 3 is 2.50 bits per heavy atom. The van der Waals surface area contributed by atoms with Crippen molar-refractivity contribution >= 4 is 15.7 Å². The van der Waals surface area contributed by atoms with Gasteiger partial charge >= 0.3 is 0 Å². The Kier molecular flexibility index (Phi) is 4.14. The Morgan fingerprint density at radius 1 is 1.29 bits per heavy atom. The first-order valence-corrected chi connectivity index (χ1v) is 8.95. The van der Waals surface area contributed by atoms with Crippen molar-refractivity contribution in [3.8, 4) is 0 Å². The zero-order valence-electron chi connectivity index (χ0n) is 13.3. The van der Waals surface area contributed by atoms with Crippen LogP contribution in [0.1, 0.15) is 35.9 Å². The topological polar surface area (TPSA) is 107 Å². The Hall–Kier alpha value is -2.26. The summed E-state index contributed by atoms with van der Waals surface area (Å²) in [5.74, 6) is 0.614. The van der Waals surface area contributed by atoms with Crippen LogP contribution in [0.15, 0.2) is 33.7 Å². The lowest BCUT2D eigenvalue weighted by molar-refractivity contribution is -0.384. The van der Waals surface area contributed by atoms with E-state index in [2.05, 4.69) is 5.16 Å². The molecule has 24 heavy (non-hydrogen) atoms. The van der Waals surface area contributed by atoms with E-state index in [4.69, 9.17) is 4.52 Å². The first-order valence-electron chi connectivity index (χ1n) is 7.51. The van der Waals surface area contributed by atoms with Crippen molar-refractivity contribution in [2.24, 2.45) is 0 Å². The number of sulfonamides is 1. The molecule has 0 N–H and O–H groups in total. The molecular formula is C15H17N3O5S. The van der Waals surface area contributed by atoms with Crippen molar-refractivity contribution in [1.29, 1.82) is 0 Å². The van der Waals surface area contributed by atoms with E-state index in [9.17, 15) is 18.5 Å². The predicted octanol–water partition coefficient (Wildman–Crippen LogP) is 2.73. The summed E-state index contributed by atoms with van der Waals surface area (Å²) in [5.41, 5.74) is 1.35. The predicted molar refractivity (Wildman–Crippen MR) is 84.9 cm³/mol. The third-order valence-electron chi connectivity index (χ3n) is 4.28. The van der Waals surface area contributed by atoms with Crippen LogP contribution < -0.4 is 0 Å². The normalized spacial score (nSPS) is 18.8. The van der Waals surface area contributed by atoms with Crippen LogP contribution in [-0.4, -0.2) is 29.3 Å². The van der Waals surface area contributed by atoms with Crippen molar-refractivity contribution in [3.05, 3.63) is 51.4 Å². The summed E-state index contributed by atoms with van der Waals surface area (Å²) < 4.78 is 32.5. The number of rotatable bonds is 4. The molecule has 1 aromatic heterocycles. The van der Waals surface area contributed by atoms with Gasteiger partial charge in [-0.2, -0.15) is 4.31 Å². The molecule has 2 heterocycles. The Labute approximate surface area is 139 Å². The van der Waals surface area contributed by atoms with Crippen LogP contribution in [0.4, 0.5) is 5.69 Å². The lowest BCUT2D eigenvalue weighted by Crippen LogP contribution is -2.31. The van der Waals surface area contributed by atoms with Crippen LogP contribution in [0.3, 0.4) is 0 Å². The molecule has 1 fully saturated rings. The highest BCUT2D eigenvalue weighted by molar-refractivity contribution is 7.89. The van der Waals surface area contributed by atoms with Crippen molar-refractivity contribution < 1.29 is 17.9 Å². The zero-order chi connectivity index (χ0) is 17.5. The molecule has 9 heteroatoms. The highest BCUT2D eigenvalue weighted by Crippen LogP contribution is 2.39. The number of hydrogen-bond acceptors (Lipinski definition) is 6. The molecule has 128 valence electrons. The van der Waals surface area contributed by atoms with E-state index in [-0.39, 0.29) is 16.6 Å². The molecule has 1 saturated heterocycles. The third-order valence-corrected chi connectivity index (χ3v) is 6.20. The van der Waals surface area contributed by atoms with E-state index in [1.54, 1.807) is 13.8 Å². The van der Waals surface area contributed by atoms with E-state index in [0.29, 0.717) is 24.4 Å². The van der Waals surface area contributed by atoms with Gasteiger partial charge in [0.25, 0.3) is 5.69 Å². The monoisotopic (exact) mass is 351 g/mol. The van der Waals surface area contributed by atoms with Crippen LogP contribution in [0.2, 0.25) is 0 Å². The van der Waals surface area contributed by atoms with Gasteiger partial charge in [0, 0.05) is 24.2 Å². The van der Waals surface area contributed by atoms with E-state index >= 15 is 0 Å². The van der Waals surface area contributed by atoms with E-state index in [1.165, 1.54) is 28.6 Å². The van der Waals surface area contributed by atoms with Crippen LogP contribution in [0.5, 0.6) is 0 Å². The van der Waals surface area contributed by atoms with Gasteiger partial charge in [-0.15, -0.1) is 0 Å². The molecule has 0 spiro atoms. The molecule has 0 saturated carbocycles. The molecule has 8 nitrogen and oxygen atoms in total. The molecule has 0 bridgehead atoms. The largest absolute Gasteiger partial charge is 0.361 e. The number of nitro benzene ring substituents is 1. The average molecular weight is 351 g/mol. The van der Waals surface area contributed by atoms with Crippen molar-refractivity contribution in [3.63, 3.8) is 0 Å². The maximum atomic E-state index is 12.9. The smallest absolute Gasteiger partial charge is 0.269 e. The molecule has 0 unspecified atom stereocenters. The molecule has 1 aliphatic heterocycles. The fourth-order valence-electron chi connectivity index (χ4n) is 3.16. The average Bonchev–Trinajstić information content (AvgIpc) is 3.14. The van der Waals surface area contributed by atoms with Gasteiger partial charge in [-0.25, -0.2) is 8.42 Å². The number of nitrogens with zero attached hydrogens (tertiary/aromatic N) is 3. The molecule has 1 atom stereocenters. The number of nitro groups is 1. The Morgan fingerprint density at radius 2 is 1.96 bits per heavy atom. The fourth-order valence-corrected chi connectivity index (χ4v) is 4.82. The van der Waals surface area contributed by atoms with Gasteiger partial charge < -0.3 is 4.52 Å². The van der Waals surface area contributed by atoms with Crippen LogP contribution >= 0.6 is 0 Å². The number of non-ortho nitro benzene ring substituents is 1. The maximum absolute atomic E-state index is 12.9. The number of benzene rings is 1. The van der Waals surface area contributed by atoms with Gasteiger partial charge in [-0.3, -0.25) is 10.1 Å². The minimum Gasteiger partial charge on any atom is -0.361 e. The summed E-state index contributed by atoms with van der Waals surface area (Å²) in [6.45, 7) is 3.96. The fraction of sp³-hybridized carbons (Fsp3) is 0.400. The van der Waals surface area contributed by atoms with Crippen molar-refractivity contribution in [1.82, 2.24) is 9.46 Å². The van der Waals surface area contributed by atoms with Gasteiger partial charge in [-0.05, 0) is 38.8 Å². The third kappa shape index (κ3) is 2.69. The molecule has 1 aliphatic rings. The maximum Gasteiger partial charge on any atom is 0.269 e. The van der Waals surface area contributed by atoms with Crippen LogP contribution in [0.25, 0.3) is 0 Å². The van der Waals surface area contributed by atoms with Gasteiger partial charge in [0.2, 0.25) is 10.0 Å². The van der Waals surface area contributed by atoms with Crippen molar-refractivity contribution in [2.75, 3.05) is 6.54 Å². The highest BCUT2D eigenvalue weighted by atomic mass is 32.2. The minimum absolute atomic E-state index is 0.0479. The molecule has 1 aromatic carbocycles. The van der Waals surface area contributed by atoms with E-state index in [0.717, 1.165) is 12.0 Å².